The van der Waals surface area contributed by atoms with Gasteiger partial charge in [-0.3, -0.25) is 0 Å². The van der Waals surface area contributed by atoms with Crippen LogP contribution in [0.15, 0.2) is 0 Å². The molecule has 4 N–H and O–H groups in total. The van der Waals surface area contributed by atoms with E-state index in [0.717, 1.165) is 32.6 Å². The highest BCUT2D eigenvalue weighted by Gasteiger charge is 1.94. The van der Waals surface area contributed by atoms with Crippen LogP contribution in [0.4, 0.5) is 4.79 Å². The summed E-state index contributed by atoms with van der Waals surface area (Å²) in [6.45, 7) is 5.62. The fraction of sp³-hybridized carbons (Fsp3) is 0.923. The second-order valence-corrected chi connectivity index (χ2v) is 4.56. The average molecular weight is 275 g/mol. The van der Waals surface area contributed by atoms with Crippen LogP contribution < -0.4 is 16.1 Å². The molecular formula is C13H29N3O3. The third-order valence-corrected chi connectivity index (χ3v) is 2.75. The van der Waals surface area contributed by atoms with Crippen LogP contribution in [0.1, 0.15) is 51.9 Å². The molecule has 0 rings (SSSR count). The van der Waals surface area contributed by atoms with E-state index >= 15 is 0 Å². The van der Waals surface area contributed by atoms with Gasteiger partial charge in [0.05, 0.1) is 0 Å². The fourth-order valence-corrected chi connectivity index (χ4v) is 1.68. The molecular weight excluding hydrogens is 246 g/mol. The van der Waals surface area contributed by atoms with Gasteiger partial charge in [-0.05, 0) is 32.4 Å². The number of hydroxylamine groups is 1. The molecule has 6 nitrogen and oxygen atoms in total. The van der Waals surface area contributed by atoms with Crippen molar-refractivity contribution in [3.05, 3.63) is 0 Å². The summed E-state index contributed by atoms with van der Waals surface area (Å²) >= 11 is 0. The second kappa shape index (κ2) is 15.2. The summed E-state index contributed by atoms with van der Waals surface area (Å²) in [5, 5.41) is 14.8. The van der Waals surface area contributed by atoms with Gasteiger partial charge in [0, 0.05) is 13.2 Å². The van der Waals surface area contributed by atoms with Crippen molar-refractivity contribution < 1.29 is 14.7 Å². The Morgan fingerprint density at radius 1 is 0.947 bits per heavy atom. The van der Waals surface area contributed by atoms with Crippen molar-refractivity contribution in [2.24, 2.45) is 0 Å². The summed E-state index contributed by atoms with van der Waals surface area (Å²) in [5.74, 6) is 0. The smallest absolute Gasteiger partial charge is 0.448 e. The molecule has 0 bridgehead atoms. The first-order valence-corrected chi connectivity index (χ1v) is 7.31. The topological polar surface area (TPSA) is 82.6 Å². The van der Waals surface area contributed by atoms with Gasteiger partial charge in [0.2, 0.25) is 0 Å². The number of unbranched alkanes of at least 4 members (excludes halogenated alkanes) is 5. The van der Waals surface area contributed by atoms with Crippen LogP contribution in [0.25, 0.3) is 0 Å². The maximum absolute atomic E-state index is 10.0. The Kier molecular flexibility index (Phi) is 14.5. The van der Waals surface area contributed by atoms with E-state index in [1.165, 1.54) is 32.1 Å². The zero-order valence-electron chi connectivity index (χ0n) is 12.0. The largest absolute Gasteiger partial charge is 0.525 e. The molecule has 0 amide bonds. The summed E-state index contributed by atoms with van der Waals surface area (Å²) in [6.07, 6.45) is 7.14. The quantitative estimate of drug-likeness (QED) is 0.221. The Hall–Kier alpha value is -0.850. The van der Waals surface area contributed by atoms with E-state index in [-0.39, 0.29) is 0 Å². The van der Waals surface area contributed by atoms with Gasteiger partial charge in [-0.15, -0.1) is 0 Å². The molecule has 0 aromatic carbocycles. The van der Waals surface area contributed by atoms with Crippen LogP contribution in [0.5, 0.6) is 0 Å². The second-order valence-electron chi connectivity index (χ2n) is 4.56. The Bertz CT molecular complexity index is 204. The van der Waals surface area contributed by atoms with E-state index in [9.17, 15) is 4.79 Å². The van der Waals surface area contributed by atoms with E-state index in [1.54, 1.807) is 0 Å². The monoisotopic (exact) mass is 275 g/mol. The van der Waals surface area contributed by atoms with Crippen molar-refractivity contribution in [3.63, 3.8) is 0 Å². The summed E-state index contributed by atoms with van der Waals surface area (Å²) < 4.78 is 0. The summed E-state index contributed by atoms with van der Waals surface area (Å²) in [7, 11) is 0. The minimum absolute atomic E-state index is 0.554. The molecule has 6 heteroatoms. The normalized spacial score (nSPS) is 10.6. The van der Waals surface area contributed by atoms with Crippen molar-refractivity contribution in [1.82, 2.24) is 16.1 Å². The van der Waals surface area contributed by atoms with Crippen LogP contribution in [-0.4, -0.2) is 37.6 Å². The number of rotatable bonds is 14. The summed E-state index contributed by atoms with van der Waals surface area (Å²) in [5.41, 5.74) is 2.38. The minimum Gasteiger partial charge on any atom is -0.448 e. The first-order chi connectivity index (χ1) is 9.27. The highest BCUT2D eigenvalue weighted by molar-refractivity contribution is 5.56. The van der Waals surface area contributed by atoms with E-state index in [4.69, 9.17) is 5.11 Å². The lowest BCUT2D eigenvalue weighted by atomic mass is 10.1. The lowest BCUT2D eigenvalue weighted by Gasteiger charge is -2.07. The average Bonchev–Trinajstić information content (AvgIpc) is 2.39. The van der Waals surface area contributed by atoms with Gasteiger partial charge < -0.3 is 20.6 Å². The highest BCUT2D eigenvalue weighted by atomic mass is 16.8. The Labute approximate surface area is 116 Å². The van der Waals surface area contributed by atoms with E-state index in [2.05, 4.69) is 27.9 Å². The number of hydrogen-bond acceptors (Lipinski definition) is 5. The van der Waals surface area contributed by atoms with Gasteiger partial charge in [0.1, 0.15) is 0 Å². The molecule has 0 fully saturated rings. The van der Waals surface area contributed by atoms with Gasteiger partial charge in [0.15, 0.2) is 0 Å². The van der Waals surface area contributed by atoms with Crippen LogP contribution in [-0.2, 0) is 4.84 Å². The van der Waals surface area contributed by atoms with Crippen molar-refractivity contribution in [2.75, 3.05) is 26.3 Å². The third-order valence-electron chi connectivity index (χ3n) is 2.75. The zero-order chi connectivity index (χ0) is 14.2. The molecule has 0 heterocycles. The maximum atomic E-state index is 10.0. The van der Waals surface area contributed by atoms with Crippen LogP contribution in [0, 0.1) is 0 Å². The van der Waals surface area contributed by atoms with E-state index < -0.39 is 6.16 Å². The minimum atomic E-state index is -1.29. The molecule has 0 saturated heterocycles. The number of carbonyl (C=O) groups is 1. The Morgan fingerprint density at radius 2 is 1.53 bits per heavy atom. The van der Waals surface area contributed by atoms with Gasteiger partial charge in [-0.25, -0.2) is 4.79 Å². The molecule has 0 aliphatic carbocycles. The molecule has 0 aromatic heterocycles. The van der Waals surface area contributed by atoms with E-state index in [0.29, 0.717) is 6.54 Å². The van der Waals surface area contributed by atoms with E-state index in [1.807, 2.05) is 0 Å². The first kappa shape index (κ1) is 18.1. The lowest BCUT2D eigenvalue weighted by molar-refractivity contribution is 0.0437. The molecule has 0 unspecified atom stereocenters. The van der Waals surface area contributed by atoms with Gasteiger partial charge in [-0.2, -0.15) is 5.48 Å². The van der Waals surface area contributed by atoms with Crippen molar-refractivity contribution in [2.45, 2.75) is 51.9 Å². The fourth-order valence-electron chi connectivity index (χ4n) is 1.68. The van der Waals surface area contributed by atoms with Gasteiger partial charge in [-0.1, -0.05) is 32.6 Å². The molecule has 0 aliphatic rings. The maximum Gasteiger partial charge on any atom is 0.525 e. The van der Waals surface area contributed by atoms with Crippen molar-refractivity contribution in [1.29, 1.82) is 0 Å². The molecule has 0 aromatic rings. The van der Waals surface area contributed by atoms with Crippen LogP contribution in [0.2, 0.25) is 0 Å². The SMILES string of the molecule is CCCCCCCNCNCCCCNOC(=O)O. The number of nitrogens with one attached hydrogen (secondary N) is 3. The Morgan fingerprint density at radius 3 is 2.16 bits per heavy atom. The molecule has 0 spiro atoms. The molecule has 0 saturated carbocycles. The summed E-state index contributed by atoms with van der Waals surface area (Å²) in [6, 6.07) is 0. The molecule has 19 heavy (non-hydrogen) atoms. The van der Waals surface area contributed by atoms with Crippen molar-refractivity contribution >= 4 is 6.16 Å². The number of hydrogen-bond donors (Lipinski definition) is 4. The molecule has 0 atom stereocenters. The first-order valence-electron chi connectivity index (χ1n) is 7.31. The lowest BCUT2D eigenvalue weighted by Crippen LogP contribution is -2.30. The predicted octanol–water partition coefficient (Wildman–Crippen LogP) is 2.07. The number of carboxylic acid groups (broad SMARTS) is 1. The highest BCUT2D eigenvalue weighted by Crippen LogP contribution is 2.00. The molecule has 0 aliphatic heterocycles. The van der Waals surface area contributed by atoms with Gasteiger partial charge >= 0.3 is 6.16 Å². The van der Waals surface area contributed by atoms with Crippen LogP contribution >= 0.6 is 0 Å². The standard InChI is InChI=1S/C13H29N3O3/c1-2-3-4-5-6-9-14-12-15-10-7-8-11-16-19-13(17)18/h14-16H,2-12H2,1H3,(H,17,18). The molecule has 114 valence electrons. The summed E-state index contributed by atoms with van der Waals surface area (Å²) in [4.78, 5) is 14.2. The van der Waals surface area contributed by atoms with Crippen molar-refractivity contribution in [3.8, 4) is 0 Å². The predicted molar refractivity (Wildman–Crippen MR) is 76.0 cm³/mol. The Balaban J connectivity index is 2.93. The zero-order valence-corrected chi connectivity index (χ0v) is 12.0. The third kappa shape index (κ3) is 17.1. The van der Waals surface area contributed by atoms with Crippen LogP contribution in [0.3, 0.4) is 0 Å². The van der Waals surface area contributed by atoms with Gasteiger partial charge in [0.25, 0.3) is 0 Å². The molecule has 0 radical (unpaired) electrons.